The molecule has 1 aromatic carbocycles. The van der Waals surface area contributed by atoms with Crippen LogP contribution in [0, 0.1) is 5.92 Å². The van der Waals surface area contributed by atoms with Crippen LogP contribution in [0.25, 0.3) is 6.08 Å². The zero-order valence-corrected chi connectivity index (χ0v) is 14.8. The standard InChI is InChI=1S/C18H22N2OS2/c21-17(7-6-15-4-2-1-3-5-15)20-11-8-16(9-12-20)14-23-18-19-10-13-22-18/h1-7,16H,8-14H2/b7-6+. The van der Waals surface area contributed by atoms with E-state index in [1.165, 1.54) is 4.38 Å². The number of benzene rings is 1. The highest BCUT2D eigenvalue weighted by Gasteiger charge is 2.22. The average Bonchev–Trinajstić information content (AvgIpc) is 3.13. The Morgan fingerprint density at radius 1 is 1.30 bits per heavy atom. The second-order valence-electron chi connectivity index (χ2n) is 5.82. The SMILES string of the molecule is O=C(/C=C/c1ccccc1)N1CCC(CSC2=NCCS2)CC1. The maximum atomic E-state index is 12.3. The first-order valence-corrected chi connectivity index (χ1v) is 10.1. The van der Waals surface area contributed by atoms with Crippen molar-refractivity contribution in [1.29, 1.82) is 0 Å². The maximum absolute atomic E-state index is 12.3. The first-order chi connectivity index (χ1) is 11.3. The van der Waals surface area contributed by atoms with Gasteiger partial charge < -0.3 is 4.90 Å². The fourth-order valence-electron chi connectivity index (χ4n) is 2.75. The molecular weight excluding hydrogens is 324 g/mol. The van der Waals surface area contributed by atoms with Gasteiger partial charge in [0.05, 0.1) is 6.54 Å². The summed E-state index contributed by atoms with van der Waals surface area (Å²) in [6.07, 6.45) is 5.82. The predicted octanol–water partition coefficient (Wildman–Crippen LogP) is 3.77. The summed E-state index contributed by atoms with van der Waals surface area (Å²) in [6, 6.07) is 9.98. The van der Waals surface area contributed by atoms with Crippen molar-refractivity contribution in [3.05, 3.63) is 42.0 Å². The highest BCUT2D eigenvalue weighted by molar-refractivity contribution is 8.39. The zero-order valence-electron chi connectivity index (χ0n) is 13.2. The summed E-state index contributed by atoms with van der Waals surface area (Å²) in [7, 11) is 0. The maximum Gasteiger partial charge on any atom is 0.246 e. The monoisotopic (exact) mass is 346 g/mol. The van der Waals surface area contributed by atoms with E-state index in [0.29, 0.717) is 5.92 Å². The fraction of sp³-hybridized carbons (Fsp3) is 0.444. The van der Waals surface area contributed by atoms with Crippen LogP contribution in [0.3, 0.4) is 0 Å². The molecule has 0 unspecified atom stereocenters. The van der Waals surface area contributed by atoms with Crippen molar-refractivity contribution >= 4 is 39.9 Å². The molecule has 3 nitrogen and oxygen atoms in total. The van der Waals surface area contributed by atoms with Gasteiger partial charge in [0, 0.05) is 30.7 Å². The number of aliphatic imine (C=N–C) groups is 1. The molecular formula is C18H22N2OS2. The van der Waals surface area contributed by atoms with E-state index in [9.17, 15) is 4.79 Å². The number of likely N-dealkylation sites (tertiary alicyclic amines) is 1. The van der Waals surface area contributed by atoms with E-state index in [1.807, 2.05) is 64.8 Å². The Morgan fingerprint density at radius 3 is 2.78 bits per heavy atom. The second kappa shape index (κ2) is 8.60. The molecule has 0 spiro atoms. The lowest BCUT2D eigenvalue weighted by Gasteiger charge is -2.31. The van der Waals surface area contributed by atoms with Crippen LogP contribution < -0.4 is 0 Å². The van der Waals surface area contributed by atoms with Crippen LogP contribution in [0.15, 0.2) is 41.4 Å². The van der Waals surface area contributed by atoms with E-state index in [0.717, 1.165) is 49.5 Å². The Hall–Kier alpha value is -1.20. The van der Waals surface area contributed by atoms with Crippen molar-refractivity contribution in [2.75, 3.05) is 31.1 Å². The third kappa shape index (κ3) is 5.15. The molecule has 2 aliphatic rings. The largest absolute Gasteiger partial charge is 0.339 e. The number of thioether (sulfide) groups is 2. The third-order valence-corrected chi connectivity index (χ3v) is 6.63. The Bertz CT molecular complexity index is 578. The number of carbonyl (C=O) groups excluding carboxylic acids is 1. The molecule has 2 aliphatic heterocycles. The van der Waals surface area contributed by atoms with Crippen molar-refractivity contribution in [2.45, 2.75) is 12.8 Å². The van der Waals surface area contributed by atoms with Crippen LogP contribution in [0.1, 0.15) is 18.4 Å². The highest BCUT2D eigenvalue weighted by atomic mass is 32.2. The Balaban J connectivity index is 1.41. The van der Waals surface area contributed by atoms with E-state index in [2.05, 4.69) is 4.99 Å². The minimum atomic E-state index is 0.135. The third-order valence-electron chi connectivity index (χ3n) is 4.14. The van der Waals surface area contributed by atoms with Gasteiger partial charge in [-0.25, -0.2) is 0 Å². The molecule has 0 bridgehead atoms. The number of amides is 1. The summed E-state index contributed by atoms with van der Waals surface area (Å²) in [4.78, 5) is 18.7. The van der Waals surface area contributed by atoms with Crippen LogP contribution in [0.5, 0.6) is 0 Å². The second-order valence-corrected chi connectivity index (χ2v) is 8.17. The normalized spacial score (nSPS) is 19.3. The lowest BCUT2D eigenvalue weighted by atomic mass is 9.99. The van der Waals surface area contributed by atoms with E-state index in [4.69, 9.17) is 0 Å². The van der Waals surface area contributed by atoms with Gasteiger partial charge in [-0.1, -0.05) is 53.9 Å². The van der Waals surface area contributed by atoms with Gasteiger partial charge >= 0.3 is 0 Å². The number of hydrogen-bond acceptors (Lipinski definition) is 4. The van der Waals surface area contributed by atoms with Gasteiger partial charge in [-0.15, -0.1) is 0 Å². The molecule has 122 valence electrons. The topological polar surface area (TPSA) is 32.7 Å². The average molecular weight is 347 g/mol. The molecule has 0 aliphatic carbocycles. The summed E-state index contributed by atoms with van der Waals surface area (Å²) in [5.74, 6) is 3.14. The first kappa shape index (κ1) is 16.7. The van der Waals surface area contributed by atoms with Crippen LogP contribution in [-0.2, 0) is 4.79 Å². The highest BCUT2D eigenvalue weighted by Crippen LogP contribution is 2.27. The Labute approximate surface area is 146 Å². The smallest absolute Gasteiger partial charge is 0.246 e. The molecule has 2 heterocycles. The predicted molar refractivity (Wildman–Crippen MR) is 102 cm³/mol. The van der Waals surface area contributed by atoms with Crippen molar-refractivity contribution in [3.8, 4) is 0 Å². The van der Waals surface area contributed by atoms with Crippen LogP contribution in [0.2, 0.25) is 0 Å². The molecule has 23 heavy (non-hydrogen) atoms. The molecule has 1 fully saturated rings. The molecule has 1 amide bonds. The molecule has 0 N–H and O–H groups in total. The van der Waals surface area contributed by atoms with E-state index < -0.39 is 0 Å². The van der Waals surface area contributed by atoms with Crippen LogP contribution >= 0.6 is 23.5 Å². The molecule has 0 radical (unpaired) electrons. The van der Waals surface area contributed by atoms with Crippen LogP contribution in [-0.4, -0.2) is 46.3 Å². The first-order valence-electron chi connectivity index (χ1n) is 8.13. The Morgan fingerprint density at radius 2 is 2.09 bits per heavy atom. The summed E-state index contributed by atoms with van der Waals surface area (Å²) < 4.78 is 1.26. The van der Waals surface area contributed by atoms with Gasteiger partial charge in [-0.05, 0) is 30.4 Å². The van der Waals surface area contributed by atoms with E-state index >= 15 is 0 Å². The molecule has 0 aromatic heterocycles. The van der Waals surface area contributed by atoms with Gasteiger partial charge in [-0.2, -0.15) is 0 Å². The number of rotatable bonds is 4. The summed E-state index contributed by atoms with van der Waals surface area (Å²) in [6.45, 7) is 2.74. The molecule has 0 atom stereocenters. The van der Waals surface area contributed by atoms with Gasteiger partial charge in [0.1, 0.15) is 4.38 Å². The molecule has 3 rings (SSSR count). The van der Waals surface area contributed by atoms with Crippen molar-refractivity contribution in [3.63, 3.8) is 0 Å². The molecule has 5 heteroatoms. The van der Waals surface area contributed by atoms with Gasteiger partial charge in [0.2, 0.25) is 5.91 Å². The molecule has 1 aromatic rings. The number of carbonyl (C=O) groups is 1. The lowest BCUT2D eigenvalue weighted by Crippen LogP contribution is -2.38. The summed E-state index contributed by atoms with van der Waals surface area (Å²) >= 11 is 3.78. The minimum absolute atomic E-state index is 0.135. The lowest BCUT2D eigenvalue weighted by molar-refractivity contribution is -0.127. The van der Waals surface area contributed by atoms with Crippen molar-refractivity contribution in [2.24, 2.45) is 10.9 Å². The van der Waals surface area contributed by atoms with Gasteiger partial charge in [0.25, 0.3) is 0 Å². The van der Waals surface area contributed by atoms with Crippen molar-refractivity contribution in [1.82, 2.24) is 4.90 Å². The number of hydrogen-bond donors (Lipinski definition) is 0. The van der Waals surface area contributed by atoms with E-state index in [1.54, 1.807) is 6.08 Å². The number of nitrogens with zero attached hydrogens (tertiary/aromatic N) is 2. The fourth-order valence-corrected chi connectivity index (χ4v) is 4.97. The summed E-state index contributed by atoms with van der Waals surface area (Å²) in [5.41, 5.74) is 1.07. The quantitative estimate of drug-likeness (QED) is 0.778. The molecule has 0 saturated carbocycles. The van der Waals surface area contributed by atoms with Crippen LogP contribution in [0.4, 0.5) is 0 Å². The van der Waals surface area contributed by atoms with Crippen molar-refractivity contribution < 1.29 is 4.79 Å². The van der Waals surface area contributed by atoms with E-state index in [-0.39, 0.29) is 5.91 Å². The van der Waals surface area contributed by atoms with Gasteiger partial charge in [-0.3, -0.25) is 9.79 Å². The molecule has 1 saturated heterocycles. The Kier molecular flexibility index (Phi) is 6.22. The van der Waals surface area contributed by atoms with Gasteiger partial charge in [0.15, 0.2) is 0 Å². The summed E-state index contributed by atoms with van der Waals surface area (Å²) in [5, 5.41) is 0. The zero-order chi connectivity index (χ0) is 15.9. The minimum Gasteiger partial charge on any atom is -0.339 e. The number of piperidine rings is 1.